The van der Waals surface area contributed by atoms with Crippen LogP contribution in [0.1, 0.15) is 11.1 Å². The van der Waals surface area contributed by atoms with E-state index in [1.807, 2.05) is 30.3 Å². The van der Waals surface area contributed by atoms with Gasteiger partial charge in [-0.05, 0) is 18.2 Å². The summed E-state index contributed by atoms with van der Waals surface area (Å²) >= 11 is 1.74. The number of nitrogen functional groups attached to an aromatic ring is 1. The smallest absolute Gasteiger partial charge is 0.142 e. The molecule has 0 unspecified atom stereocenters. The zero-order valence-corrected chi connectivity index (χ0v) is 12.4. The van der Waals surface area contributed by atoms with E-state index in [-0.39, 0.29) is 5.82 Å². The van der Waals surface area contributed by atoms with Gasteiger partial charge in [-0.1, -0.05) is 18.2 Å². The summed E-state index contributed by atoms with van der Waals surface area (Å²) in [5.41, 5.74) is 10.1. The van der Waals surface area contributed by atoms with E-state index in [0.29, 0.717) is 11.3 Å². The topological polar surface area (TPSA) is 75.8 Å². The number of nitrogens with two attached hydrogens (primary N) is 1. The van der Waals surface area contributed by atoms with Crippen LogP contribution in [0.3, 0.4) is 0 Å². The fraction of sp³-hybridized carbons (Fsp3) is 0.0588. The van der Waals surface area contributed by atoms with Crippen LogP contribution in [-0.4, -0.2) is 4.98 Å². The molecule has 3 aromatic rings. The fourth-order valence-corrected chi connectivity index (χ4v) is 3.82. The summed E-state index contributed by atoms with van der Waals surface area (Å²) in [6, 6.07) is 13.9. The molecule has 1 aromatic carbocycles. The van der Waals surface area contributed by atoms with Crippen LogP contribution < -0.4 is 5.73 Å². The number of hydrogen-bond acceptors (Lipinski definition) is 5. The quantitative estimate of drug-likeness (QED) is 0.733. The molecule has 2 N–H and O–H groups in total. The van der Waals surface area contributed by atoms with E-state index < -0.39 is 0 Å². The number of aromatic nitrogens is 1. The highest BCUT2D eigenvalue weighted by Crippen LogP contribution is 2.45. The van der Waals surface area contributed by atoms with Crippen molar-refractivity contribution in [3.63, 3.8) is 0 Å². The highest BCUT2D eigenvalue weighted by molar-refractivity contribution is 7.98. The van der Waals surface area contributed by atoms with Crippen molar-refractivity contribution in [3.05, 3.63) is 53.8 Å². The molecule has 0 bridgehead atoms. The summed E-state index contributed by atoms with van der Waals surface area (Å²) in [6.45, 7) is 0. The first-order chi connectivity index (χ1) is 10.8. The van der Waals surface area contributed by atoms with E-state index in [9.17, 15) is 5.26 Å². The van der Waals surface area contributed by atoms with Crippen molar-refractivity contribution in [2.45, 2.75) is 10.6 Å². The molecule has 4 rings (SSSR count). The van der Waals surface area contributed by atoms with Crippen LogP contribution in [0.2, 0.25) is 0 Å². The predicted molar refractivity (Wildman–Crippen MR) is 86.1 cm³/mol. The van der Waals surface area contributed by atoms with Crippen molar-refractivity contribution in [1.29, 1.82) is 5.26 Å². The Kier molecular flexibility index (Phi) is 2.91. The SMILES string of the molecule is N#Cc1c(N)nc2c(c1-c1ccco1)CSc1ccccc1-2. The van der Waals surface area contributed by atoms with Gasteiger partial charge in [0, 0.05) is 27.3 Å². The van der Waals surface area contributed by atoms with Gasteiger partial charge < -0.3 is 10.2 Å². The lowest BCUT2D eigenvalue weighted by Gasteiger charge is -2.22. The third kappa shape index (κ3) is 1.81. The van der Waals surface area contributed by atoms with E-state index in [1.54, 1.807) is 18.0 Å². The Morgan fingerprint density at radius 2 is 2.09 bits per heavy atom. The van der Waals surface area contributed by atoms with Gasteiger partial charge in [0.25, 0.3) is 0 Å². The first kappa shape index (κ1) is 13.0. The highest BCUT2D eigenvalue weighted by atomic mass is 32.2. The molecule has 0 fully saturated rings. The maximum Gasteiger partial charge on any atom is 0.142 e. The predicted octanol–water partition coefficient (Wildman–Crippen LogP) is 4.07. The summed E-state index contributed by atoms with van der Waals surface area (Å²) in [7, 11) is 0. The fourth-order valence-electron chi connectivity index (χ4n) is 2.75. The standard InChI is InChI=1S/C17H11N3OS/c18-8-11-15(13-5-3-7-21-13)12-9-22-14-6-2-1-4-10(14)16(12)20-17(11)19/h1-7H,9H2,(H2,19,20). The van der Waals surface area contributed by atoms with Gasteiger partial charge >= 0.3 is 0 Å². The lowest BCUT2D eigenvalue weighted by atomic mass is 9.96. The van der Waals surface area contributed by atoms with Crippen molar-refractivity contribution >= 4 is 17.6 Å². The molecule has 5 heteroatoms. The van der Waals surface area contributed by atoms with Gasteiger partial charge in [-0.25, -0.2) is 4.98 Å². The van der Waals surface area contributed by atoms with E-state index in [2.05, 4.69) is 17.1 Å². The third-order valence-electron chi connectivity index (χ3n) is 3.72. The molecule has 0 atom stereocenters. The molecule has 2 aromatic heterocycles. The third-order valence-corrected chi connectivity index (χ3v) is 4.82. The summed E-state index contributed by atoms with van der Waals surface area (Å²) in [5.74, 6) is 1.64. The van der Waals surface area contributed by atoms with Crippen LogP contribution in [0.4, 0.5) is 5.82 Å². The van der Waals surface area contributed by atoms with Gasteiger partial charge in [-0.3, -0.25) is 0 Å². The maximum atomic E-state index is 9.48. The van der Waals surface area contributed by atoms with Crippen LogP contribution in [-0.2, 0) is 5.75 Å². The molecule has 0 aliphatic carbocycles. The van der Waals surface area contributed by atoms with Gasteiger partial charge in [0.15, 0.2) is 0 Å². The van der Waals surface area contributed by atoms with E-state index >= 15 is 0 Å². The summed E-state index contributed by atoms with van der Waals surface area (Å²) in [4.78, 5) is 5.67. The maximum absolute atomic E-state index is 9.48. The van der Waals surface area contributed by atoms with Gasteiger partial charge in [0.2, 0.25) is 0 Å². The minimum absolute atomic E-state index is 0.245. The molecule has 106 valence electrons. The number of benzene rings is 1. The van der Waals surface area contributed by atoms with Crippen molar-refractivity contribution in [3.8, 4) is 28.7 Å². The Hall–Kier alpha value is -2.71. The minimum Gasteiger partial charge on any atom is -0.464 e. The van der Waals surface area contributed by atoms with Crippen LogP contribution in [0.5, 0.6) is 0 Å². The minimum atomic E-state index is 0.245. The Morgan fingerprint density at radius 3 is 2.86 bits per heavy atom. The van der Waals surface area contributed by atoms with Gasteiger partial charge in [0.1, 0.15) is 23.2 Å². The van der Waals surface area contributed by atoms with Gasteiger partial charge in [-0.15, -0.1) is 11.8 Å². The number of anilines is 1. The Balaban J connectivity index is 2.09. The van der Waals surface area contributed by atoms with E-state index in [4.69, 9.17) is 10.2 Å². The number of thioether (sulfide) groups is 1. The molecule has 4 nitrogen and oxygen atoms in total. The first-order valence-corrected chi connectivity index (χ1v) is 7.76. The first-order valence-electron chi connectivity index (χ1n) is 6.78. The number of rotatable bonds is 1. The molecule has 0 amide bonds. The molecule has 0 radical (unpaired) electrons. The van der Waals surface area contributed by atoms with Crippen LogP contribution in [0, 0.1) is 11.3 Å². The second-order valence-corrected chi connectivity index (χ2v) is 5.97. The largest absolute Gasteiger partial charge is 0.464 e. The van der Waals surface area contributed by atoms with Crippen molar-refractivity contribution in [2.75, 3.05) is 5.73 Å². The Labute approximate surface area is 131 Å². The number of nitriles is 1. The highest BCUT2D eigenvalue weighted by Gasteiger charge is 2.26. The molecular formula is C17H11N3OS. The van der Waals surface area contributed by atoms with E-state index in [1.165, 1.54) is 4.90 Å². The van der Waals surface area contributed by atoms with Crippen LogP contribution in [0.15, 0.2) is 52.0 Å². The number of fused-ring (bicyclic) bond motifs is 3. The second kappa shape index (κ2) is 4.93. The van der Waals surface area contributed by atoms with Crippen LogP contribution >= 0.6 is 11.8 Å². The Morgan fingerprint density at radius 1 is 1.23 bits per heavy atom. The van der Waals surface area contributed by atoms with Crippen molar-refractivity contribution in [1.82, 2.24) is 4.98 Å². The monoisotopic (exact) mass is 305 g/mol. The number of hydrogen-bond donors (Lipinski definition) is 1. The molecule has 0 spiro atoms. The second-order valence-electron chi connectivity index (χ2n) is 4.95. The lowest BCUT2D eigenvalue weighted by Crippen LogP contribution is -2.07. The van der Waals surface area contributed by atoms with Crippen LogP contribution in [0.25, 0.3) is 22.6 Å². The summed E-state index contributed by atoms with van der Waals surface area (Å²) in [5, 5.41) is 9.48. The molecular weight excluding hydrogens is 294 g/mol. The van der Waals surface area contributed by atoms with Crippen molar-refractivity contribution < 1.29 is 4.42 Å². The molecule has 22 heavy (non-hydrogen) atoms. The average Bonchev–Trinajstić information content (AvgIpc) is 3.07. The molecule has 0 saturated carbocycles. The summed E-state index contributed by atoms with van der Waals surface area (Å²) in [6.07, 6.45) is 1.60. The van der Waals surface area contributed by atoms with Gasteiger partial charge in [-0.2, -0.15) is 5.26 Å². The average molecular weight is 305 g/mol. The summed E-state index contributed by atoms with van der Waals surface area (Å²) < 4.78 is 5.53. The zero-order valence-electron chi connectivity index (χ0n) is 11.5. The molecule has 1 aliphatic heterocycles. The number of pyridine rings is 1. The lowest BCUT2D eigenvalue weighted by molar-refractivity contribution is 0.581. The normalized spacial score (nSPS) is 12.3. The number of furan rings is 1. The molecule has 0 saturated heterocycles. The zero-order chi connectivity index (χ0) is 15.1. The number of nitrogens with zero attached hydrogens (tertiary/aromatic N) is 2. The molecule has 1 aliphatic rings. The van der Waals surface area contributed by atoms with Gasteiger partial charge in [0.05, 0.1) is 12.0 Å². The van der Waals surface area contributed by atoms with Crippen molar-refractivity contribution in [2.24, 2.45) is 0 Å². The Bertz CT molecular complexity index is 910. The van der Waals surface area contributed by atoms with E-state index in [0.717, 1.165) is 28.1 Å². The molecule has 3 heterocycles.